The van der Waals surface area contributed by atoms with Gasteiger partial charge in [-0.15, -0.1) is 10.2 Å². The highest BCUT2D eigenvalue weighted by atomic mass is 32.1. The van der Waals surface area contributed by atoms with Crippen LogP contribution >= 0.6 is 11.3 Å². The SMILES string of the molecule is CC(C)(NC(=O)[C@]1(c2ccccc2)CC1(C)C)c1nnc(N)s1. The van der Waals surface area contributed by atoms with Crippen LogP contribution in [0.25, 0.3) is 0 Å². The van der Waals surface area contributed by atoms with Crippen molar-refractivity contribution >= 4 is 22.4 Å². The number of hydrogen-bond acceptors (Lipinski definition) is 5. The van der Waals surface area contributed by atoms with Crippen molar-refractivity contribution in [2.24, 2.45) is 5.41 Å². The highest BCUT2D eigenvalue weighted by molar-refractivity contribution is 7.15. The predicted molar refractivity (Wildman–Crippen MR) is 92.0 cm³/mol. The van der Waals surface area contributed by atoms with E-state index in [2.05, 4.69) is 29.4 Å². The van der Waals surface area contributed by atoms with Gasteiger partial charge in [0.15, 0.2) is 0 Å². The van der Waals surface area contributed by atoms with Gasteiger partial charge in [-0.2, -0.15) is 0 Å². The maximum atomic E-state index is 13.2. The van der Waals surface area contributed by atoms with Crippen molar-refractivity contribution in [3.63, 3.8) is 0 Å². The lowest BCUT2D eigenvalue weighted by molar-refractivity contribution is -0.126. The molecule has 1 amide bonds. The third kappa shape index (κ3) is 2.51. The first kappa shape index (κ1) is 15.9. The zero-order valence-electron chi connectivity index (χ0n) is 13.9. The molecule has 3 rings (SSSR count). The number of nitrogen functional groups attached to an aromatic ring is 1. The Bertz CT molecular complexity index is 738. The maximum absolute atomic E-state index is 13.2. The van der Waals surface area contributed by atoms with Crippen LogP contribution in [0.3, 0.4) is 0 Å². The number of nitrogens with two attached hydrogens (primary N) is 1. The van der Waals surface area contributed by atoms with E-state index in [9.17, 15) is 4.79 Å². The van der Waals surface area contributed by atoms with E-state index in [0.29, 0.717) is 10.1 Å². The van der Waals surface area contributed by atoms with Crippen molar-refractivity contribution < 1.29 is 4.79 Å². The number of aromatic nitrogens is 2. The molecular weight excluding hydrogens is 308 g/mol. The van der Waals surface area contributed by atoms with Crippen LogP contribution in [0.5, 0.6) is 0 Å². The second kappa shape index (κ2) is 5.03. The van der Waals surface area contributed by atoms with E-state index in [1.165, 1.54) is 11.3 Å². The summed E-state index contributed by atoms with van der Waals surface area (Å²) in [6, 6.07) is 10.00. The van der Waals surface area contributed by atoms with Gasteiger partial charge < -0.3 is 11.1 Å². The average molecular weight is 330 g/mol. The van der Waals surface area contributed by atoms with Gasteiger partial charge in [-0.3, -0.25) is 4.79 Å². The number of amides is 1. The van der Waals surface area contributed by atoms with E-state index >= 15 is 0 Å². The lowest BCUT2D eigenvalue weighted by atomic mass is 9.86. The van der Waals surface area contributed by atoms with Crippen LogP contribution < -0.4 is 11.1 Å². The normalized spacial score (nSPS) is 22.6. The van der Waals surface area contributed by atoms with E-state index in [0.717, 1.165) is 12.0 Å². The Morgan fingerprint density at radius 3 is 2.35 bits per heavy atom. The number of hydrogen-bond donors (Lipinski definition) is 2. The van der Waals surface area contributed by atoms with E-state index in [1.54, 1.807) is 0 Å². The summed E-state index contributed by atoms with van der Waals surface area (Å²) in [7, 11) is 0. The maximum Gasteiger partial charge on any atom is 0.231 e. The summed E-state index contributed by atoms with van der Waals surface area (Å²) in [4.78, 5) is 13.2. The van der Waals surface area contributed by atoms with Crippen molar-refractivity contribution in [3.05, 3.63) is 40.9 Å². The van der Waals surface area contributed by atoms with Crippen molar-refractivity contribution in [1.82, 2.24) is 15.5 Å². The monoisotopic (exact) mass is 330 g/mol. The molecule has 1 fully saturated rings. The number of anilines is 1. The number of nitrogens with one attached hydrogen (secondary N) is 1. The fourth-order valence-electron chi connectivity index (χ4n) is 3.28. The summed E-state index contributed by atoms with van der Waals surface area (Å²) >= 11 is 1.30. The molecule has 1 aromatic heterocycles. The minimum Gasteiger partial charge on any atom is -0.374 e. The largest absolute Gasteiger partial charge is 0.374 e. The minimum atomic E-state index is -0.604. The Kier molecular flexibility index (Phi) is 3.48. The molecule has 0 bridgehead atoms. The summed E-state index contributed by atoms with van der Waals surface area (Å²) in [5.41, 5.74) is 5.59. The molecule has 0 unspecified atom stereocenters. The quantitative estimate of drug-likeness (QED) is 0.903. The summed E-state index contributed by atoms with van der Waals surface area (Å²) in [6.07, 6.45) is 0.837. The molecule has 122 valence electrons. The first-order valence-electron chi connectivity index (χ1n) is 7.67. The van der Waals surface area contributed by atoms with Crippen LogP contribution in [0.15, 0.2) is 30.3 Å². The lowest BCUT2D eigenvalue weighted by Gasteiger charge is -2.28. The van der Waals surface area contributed by atoms with E-state index in [4.69, 9.17) is 5.73 Å². The van der Waals surface area contributed by atoms with Gasteiger partial charge in [-0.25, -0.2) is 0 Å². The zero-order chi connectivity index (χ0) is 16.9. The molecule has 2 aromatic rings. The molecular formula is C17H22N4OS. The van der Waals surface area contributed by atoms with E-state index in [1.807, 2.05) is 44.2 Å². The first-order valence-corrected chi connectivity index (χ1v) is 8.48. The molecule has 0 saturated heterocycles. The van der Waals surface area contributed by atoms with Gasteiger partial charge in [0.1, 0.15) is 5.01 Å². The zero-order valence-corrected chi connectivity index (χ0v) is 14.7. The smallest absolute Gasteiger partial charge is 0.231 e. The second-order valence-electron chi connectivity index (χ2n) is 7.36. The Labute approximate surface area is 140 Å². The highest BCUT2D eigenvalue weighted by Crippen LogP contribution is 2.64. The molecule has 1 aliphatic carbocycles. The van der Waals surface area contributed by atoms with Crippen molar-refractivity contribution in [3.8, 4) is 0 Å². The number of nitrogens with zero attached hydrogens (tertiary/aromatic N) is 2. The number of carbonyl (C=O) groups is 1. The second-order valence-corrected chi connectivity index (χ2v) is 8.37. The number of rotatable bonds is 4. The van der Waals surface area contributed by atoms with Crippen LogP contribution in [-0.4, -0.2) is 16.1 Å². The van der Waals surface area contributed by atoms with Crippen molar-refractivity contribution in [1.29, 1.82) is 0 Å². The molecule has 1 atom stereocenters. The summed E-state index contributed by atoms with van der Waals surface area (Å²) in [5.74, 6) is 0.0347. The summed E-state index contributed by atoms with van der Waals surface area (Å²) in [5, 5.41) is 12.2. The van der Waals surface area contributed by atoms with E-state index < -0.39 is 11.0 Å². The molecule has 0 radical (unpaired) electrons. The molecule has 5 nitrogen and oxygen atoms in total. The molecule has 23 heavy (non-hydrogen) atoms. The third-order valence-electron chi connectivity index (χ3n) is 4.79. The van der Waals surface area contributed by atoms with Crippen LogP contribution in [0.1, 0.15) is 44.7 Å². The Balaban J connectivity index is 1.90. The topological polar surface area (TPSA) is 80.9 Å². The fourth-order valence-corrected chi connectivity index (χ4v) is 3.95. The van der Waals surface area contributed by atoms with Crippen LogP contribution in [0.2, 0.25) is 0 Å². The molecule has 1 aromatic carbocycles. The average Bonchev–Trinajstić information content (AvgIpc) is 2.83. The van der Waals surface area contributed by atoms with Gasteiger partial charge in [0.25, 0.3) is 0 Å². The van der Waals surface area contributed by atoms with Crippen molar-refractivity contribution in [2.45, 2.75) is 45.1 Å². The predicted octanol–water partition coefficient (Wildman–Crippen LogP) is 2.84. The van der Waals surface area contributed by atoms with Crippen molar-refractivity contribution in [2.75, 3.05) is 5.73 Å². The first-order chi connectivity index (χ1) is 10.7. The molecule has 1 saturated carbocycles. The lowest BCUT2D eigenvalue weighted by Crippen LogP contribution is -2.47. The van der Waals surface area contributed by atoms with Gasteiger partial charge in [-0.1, -0.05) is 55.5 Å². The third-order valence-corrected chi connectivity index (χ3v) is 5.87. The van der Waals surface area contributed by atoms with Gasteiger partial charge in [0.05, 0.1) is 11.0 Å². The molecule has 1 heterocycles. The van der Waals surface area contributed by atoms with Crippen LogP contribution in [0, 0.1) is 5.41 Å². The minimum absolute atomic E-state index is 0.0347. The van der Waals surface area contributed by atoms with Gasteiger partial charge in [-0.05, 0) is 31.2 Å². The van der Waals surface area contributed by atoms with Gasteiger partial charge in [0, 0.05) is 0 Å². The van der Waals surface area contributed by atoms with Crippen LogP contribution in [-0.2, 0) is 15.7 Å². The molecule has 1 aliphatic rings. The van der Waals surface area contributed by atoms with Gasteiger partial charge in [0.2, 0.25) is 11.0 Å². The molecule has 6 heteroatoms. The Hall–Kier alpha value is -1.95. The Morgan fingerprint density at radius 2 is 1.87 bits per heavy atom. The summed E-state index contributed by atoms with van der Waals surface area (Å²) in [6.45, 7) is 8.13. The molecule has 3 N–H and O–H groups in total. The number of carbonyl (C=O) groups excluding carboxylic acids is 1. The van der Waals surface area contributed by atoms with Crippen LogP contribution in [0.4, 0.5) is 5.13 Å². The van der Waals surface area contributed by atoms with Gasteiger partial charge >= 0.3 is 0 Å². The molecule has 0 spiro atoms. The highest BCUT2D eigenvalue weighted by Gasteiger charge is 2.67. The standard InChI is InChI=1S/C17H22N4OS/c1-15(2)10-17(15,11-8-6-5-7-9-11)12(22)19-16(3,4)13-20-21-14(18)23-13/h5-9H,10H2,1-4H3,(H2,18,21)(H,19,22)/t17-/m1/s1. The Morgan fingerprint density at radius 1 is 1.26 bits per heavy atom. The number of benzene rings is 1. The fraction of sp³-hybridized carbons (Fsp3) is 0.471. The van der Waals surface area contributed by atoms with E-state index in [-0.39, 0.29) is 11.3 Å². The summed E-state index contributed by atoms with van der Waals surface area (Å²) < 4.78 is 0. The molecule has 0 aliphatic heterocycles.